The lowest BCUT2D eigenvalue weighted by atomic mass is 10.3. The Morgan fingerprint density at radius 2 is 1.82 bits per heavy atom. The molecule has 3 aromatic rings. The second kappa shape index (κ2) is 7.86. The van der Waals surface area contributed by atoms with E-state index in [9.17, 15) is 13.2 Å². The zero-order valence-corrected chi connectivity index (χ0v) is 18.8. The number of hydrogen-bond acceptors (Lipinski definition) is 8. The SMILES string of the molecule is Cc1nc(C)c(C(=O)N(CCN(C)C)c2nc3ccc(S(C)(=O)=O)cc3s2)s1. The van der Waals surface area contributed by atoms with Gasteiger partial charge >= 0.3 is 0 Å². The predicted octanol–water partition coefficient (Wildman–Crippen LogP) is 2.98. The summed E-state index contributed by atoms with van der Waals surface area (Å²) >= 11 is 2.69. The van der Waals surface area contributed by atoms with Gasteiger partial charge in [-0.3, -0.25) is 9.69 Å². The van der Waals surface area contributed by atoms with Crippen molar-refractivity contribution in [3.8, 4) is 0 Å². The first-order valence-corrected chi connectivity index (χ1v) is 12.1. The van der Waals surface area contributed by atoms with E-state index < -0.39 is 9.84 Å². The molecule has 0 aliphatic rings. The van der Waals surface area contributed by atoms with Gasteiger partial charge in [0.25, 0.3) is 5.91 Å². The van der Waals surface area contributed by atoms with Gasteiger partial charge in [-0.15, -0.1) is 11.3 Å². The van der Waals surface area contributed by atoms with E-state index >= 15 is 0 Å². The van der Waals surface area contributed by atoms with Crippen molar-refractivity contribution in [2.45, 2.75) is 18.7 Å². The molecule has 10 heteroatoms. The first kappa shape index (κ1) is 20.8. The summed E-state index contributed by atoms with van der Waals surface area (Å²) in [5.41, 5.74) is 1.38. The highest BCUT2D eigenvalue weighted by Gasteiger charge is 2.25. The molecule has 28 heavy (non-hydrogen) atoms. The van der Waals surface area contributed by atoms with E-state index in [2.05, 4.69) is 9.97 Å². The summed E-state index contributed by atoms with van der Waals surface area (Å²) in [6, 6.07) is 4.84. The second-order valence-corrected chi connectivity index (χ2v) is 11.0. The molecule has 0 N–H and O–H groups in total. The van der Waals surface area contributed by atoms with E-state index in [-0.39, 0.29) is 10.8 Å². The summed E-state index contributed by atoms with van der Waals surface area (Å²) in [7, 11) is 0.588. The Hall–Kier alpha value is -1.88. The molecule has 2 heterocycles. The Morgan fingerprint density at radius 1 is 1.11 bits per heavy atom. The molecule has 7 nitrogen and oxygen atoms in total. The van der Waals surface area contributed by atoms with Crippen molar-refractivity contribution >= 4 is 53.8 Å². The average molecular weight is 439 g/mol. The molecule has 3 rings (SSSR count). The molecule has 0 unspecified atom stereocenters. The first-order valence-electron chi connectivity index (χ1n) is 8.57. The van der Waals surface area contributed by atoms with Crippen molar-refractivity contribution in [1.29, 1.82) is 0 Å². The number of thiazole rings is 2. The van der Waals surface area contributed by atoms with Crippen LogP contribution in [-0.2, 0) is 9.84 Å². The molecule has 1 aromatic carbocycles. The average Bonchev–Trinajstić information content (AvgIpc) is 3.15. The highest BCUT2D eigenvalue weighted by atomic mass is 32.2. The number of aryl methyl sites for hydroxylation is 2. The normalized spacial score (nSPS) is 12.1. The summed E-state index contributed by atoms with van der Waals surface area (Å²) in [6.07, 6.45) is 1.18. The van der Waals surface area contributed by atoms with Gasteiger partial charge in [0.2, 0.25) is 0 Å². The number of sulfone groups is 1. The fraction of sp³-hybridized carbons (Fsp3) is 0.389. The van der Waals surface area contributed by atoms with E-state index in [4.69, 9.17) is 0 Å². The van der Waals surface area contributed by atoms with E-state index in [1.165, 1.54) is 28.9 Å². The van der Waals surface area contributed by atoms with Gasteiger partial charge in [-0.2, -0.15) is 0 Å². The van der Waals surface area contributed by atoms with Crippen LogP contribution in [0.3, 0.4) is 0 Å². The zero-order chi connectivity index (χ0) is 20.6. The minimum absolute atomic E-state index is 0.132. The summed E-state index contributed by atoms with van der Waals surface area (Å²) in [5.74, 6) is -0.132. The topological polar surface area (TPSA) is 83.5 Å². The van der Waals surface area contributed by atoms with Crippen LogP contribution in [0.2, 0.25) is 0 Å². The Bertz CT molecular complexity index is 1130. The van der Waals surface area contributed by atoms with E-state index in [0.29, 0.717) is 34.3 Å². The van der Waals surface area contributed by atoms with Crippen molar-refractivity contribution < 1.29 is 13.2 Å². The highest BCUT2D eigenvalue weighted by molar-refractivity contribution is 7.90. The molecule has 2 aromatic heterocycles. The molecular formula is C18H22N4O3S3. The summed E-state index contributed by atoms with van der Waals surface area (Å²) in [6.45, 7) is 4.86. The summed E-state index contributed by atoms with van der Waals surface area (Å²) < 4.78 is 24.4. The monoisotopic (exact) mass is 438 g/mol. The fourth-order valence-electron chi connectivity index (χ4n) is 2.68. The number of hydrogen-bond donors (Lipinski definition) is 0. The van der Waals surface area contributed by atoms with Gasteiger partial charge in [0, 0.05) is 19.3 Å². The molecule has 0 spiro atoms. The van der Waals surface area contributed by atoms with Crippen molar-refractivity contribution in [3.05, 3.63) is 33.8 Å². The van der Waals surface area contributed by atoms with Gasteiger partial charge in [-0.05, 0) is 46.1 Å². The van der Waals surface area contributed by atoms with E-state index in [1.807, 2.05) is 32.8 Å². The van der Waals surface area contributed by atoms with Gasteiger partial charge in [-0.25, -0.2) is 18.4 Å². The molecule has 0 radical (unpaired) electrons. The molecule has 0 aliphatic heterocycles. The molecule has 0 fully saturated rings. The number of rotatable bonds is 6. The fourth-order valence-corrected chi connectivity index (χ4v) is 5.30. The third-order valence-corrected chi connectivity index (χ3v) is 7.33. The number of aromatic nitrogens is 2. The molecule has 1 amide bonds. The molecule has 0 saturated carbocycles. The quantitative estimate of drug-likeness (QED) is 0.588. The molecule has 0 atom stereocenters. The zero-order valence-electron chi connectivity index (χ0n) is 16.4. The third kappa shape index (κ3) is 4.40. The van der Waals surface area contributed by atoms with Crippen molar-refractivity contribution in [2.75, 3.05) is 38.3 Å². The van der Waals surface area contributed by atoms with Crippen LogP contribution in [-0.4, -0.2) is 62.6 Å². The number of likely N-dealkylation sites (N-methyl/N-ethyl adjacent to an activating group) is 1. The van der Waals surface area contributed by atoms with Gasteiger partial charge in [0.1, 0.15) is 4.88 Å². The number of fused-ring (bicyclic) bond motifs is 1. The molecule has 150 valence electrons. The van der Waals surface area contributed by atoms with Crippen LogP contribution in [0.4, 0.5) is 5.13 Å². The minimum Gasteiger partial charge on any atom is -0.308 e. The van der Waals surface area contributed by atoms with E-state index in [1.54, 1.807) is 23.1 Å². The Kier molecular flexibility index (Phi) is 5.85. The Morgan fingerprint density at radius 3 is 2.39 bits per heavy atom. The standard InChI is InChI=1S/C18H22N4O3S3/c1-11-16(26-12(2)19-11)17(23)22(9-8-21(3)4)18-20-14-7-6-13(28(5,24)25)10-15(14)27-18/h6-7,10H,8-9H2,1-5H3. The number of anilines is 1. The van der Waals surface area contributed by atoms with Crippen molar-refractivity contribution in [3.63, 3.8) is 0 Å². The van der Waals surface area contributed by atoms with Gasteiger partial charge in [0.15, 0.2) is 15.0 Å². The maximum absolute atomic E-state index is 13.2. The van der Waals surface area contributed by atoms with Gasteiger partial charge in [-0.1, -0.05) is 11.3 Å². The lowest BCUT2D eigenvalue weighted by molar-refractivity contribution is 0.0988. The van der Waals surface area contributed by atoms with Crippen LogP contribution in [0.15, 0.2) is 23.1 Å². The second-order valence-electron chi connectivity index (χ2n) is 6.81. The van der Waals surface area contributed by atoms with Gasteiger partial charge < -0.3 is 4.90 Å². The lowest BCUT2D eigenvalue weighted by Crippen LogP contribution is -2.36. The van der Waals surface area contributed by atoms with Crippen LogP contribution >= 0.6 is 22.7 Å². The third-order valence-electron chi connectivity index (χ3n) is 4.12. The van der Waals surface area contributed by atoms with Crippen LogP contribution in [0.25, 0.3) is 10.2 Å². The lowest BCUT2D eigenvalue weighted by Gasteiger charge is -2.21. The van der Waals surface area contributed by atoms with Crippen molar-refractivity contribution in [2.24, 2.45) is 0 Å². The number of amides is 1. The highest BCUT2D eigenvalue weighted by Crippen LogP contribution is 2.32. The molecule has 0 saturated heterocycles. The largest absolute Gasteiger partial charge is 0.308 e. The smallest absolute Gasteiger partial charge is 0.272 e. The maximum atomic E-state index is 13.2. The number of benzene rings is 1. The minimum atomic E-state index is -3.30. The molecule has 0 aliphatic carbocycles. The Balaban J connectivity index is 2.04. The van der Waals surface area contributed by atoms with Crippen LogP contribution < -0.4 is 4.90 Å². The van der Waals surface area contributed by atoms with Crippen molar-refractivity contribution in [1.82, 2.24) is 14.9 Å². The van der Waals surface area contributed by atoms with E-state index in [0.717, 1.165) is 9.71 Å². The van der Waals surface area contributed by atoms with Crippen LogP contribution in [0.5, 0.6) is 0 Å². The number of carbonyl (C=O) groups excluding carboxylic acids is 1. The van der Waals surface area contributed by atoms with Crippen LogP contribution in [0.1, 0.15) is 20.4 Å². The number of carbonyl (C=O) groups is 1. The number of nitrogens with zero attached hydrogens (tertiary/aromatic N) is 4. The predicted molar refractivity (Wildman–Crippen MR) is 115 cm³/mol. The Labute approximate surface area is 172 Å². The first-order chi connectivity index (χ1) is 13.1. The molecular weight excluding hydrogens is 416 g/mol. The summed E-state index contributed by atoms with van der Waals surface area (Å²) in [4.78, 5) is 26.7. The van der Waals surface area contributed by atoms with Gasteiger partial charge in [0.05, 0.1) is 25.8 Å². The molecule has 0 bridgehead atoms. The van der Waals surface area contributed by atoms with Crippen LogP contribution in [0, 0.1) is 13.8 Å². The summed E-state index contributed by atoms with van der Waals surface area (Å²) in [5, 5.41) is 1.40. The maximum Gasteiger partial charge on any atom is 0.272 e.